The molecule has 0 heterocycles. The average Bonchev–Trinajstić information content (AvgIpc) is 1.00. The summed E-state index contributed by atoms with van der Waals surface area (Å²) >= 11 is -0.0833. The minimum atomic E-state index is -0.0833. The predicted molar refractivity (Wildman–Crippen MR) is 9.23 cm³/mol. The molecule has 0 aliphatic rings. The van der Waals surface area contributed by atoms with Crippen LogP contribution in [0.5, 0.6) is 0 Å². The zero-order valence-electron chi connectivity index (χ0n) is 1.36. The fourth-order valence-corrected chi connectivity index (χ4v) is 0. The molecule has 4 heteroatoms. The zero-order chi connectivity index (χ0) is 2.00. The van der Waals surface area contributed by atoms with Crippen molar-refractivity contribution in [3.63, 3.8) is 0 Å². The Bertz CT molecular complexity index is 8.00. The summed E-state index contributed by atoms with van der Waals surface area (Å²) < 4.78 is 8.42. The van der Waals surface area contributed by atoms with E-state index in [1.54, 1.807) is 0 Å². The van der Waals surface area contributed by atoms with Gasteiger partial charge in [0.25, 0.3) is 0 Å². The van der Waals surface area contributed by atoms with E-state index in [1.807, 2.05) is 0 Å². The van der Waals surface area contributed by atoms with Gasteiger partial charge in [-0.25, -0.2) is 0 Å². The molecule has 0 amide bonds. The maximum atomic E-state index is 8.42. The van der Waals surface area contributed by atoms with Gasteiger partial charge in [-0.15, -0.1) is 0 Å². The van der Waals surface area contributed by atoms with Crippen molar-refractivity contribution in [2.75, 3.05) is 0 Å². The van der Waals surface area contributed by atoms with Crippen LogP contribution in [0.4, 0.5) is 0 Å². The van der Waals surface area contributed by atoms with Crippen LogP contribution in [0.25, 0.3) is 0 Å². The summed E-state index contributed by atoms with van der Waals surface area (Å²) in [6, 6.07) is 0. The first kappa shape index (κ1) is 15.9. The van der Waals surface area contributed by atoms with E-state index in [9.17, 15) is 0 Å². The van der Waals surface area contributed by atoms with Gasteiger partial charge in [0, 0.05) is 17.1 Å². The van der Waals surface area contributed by atoms with Crippen molar-refractivity contribution in [2.45, 2.75) is 0 Å². The van der Waals surface area contributed by atoms with E-state index in [0.717, 1.165) is 0 Å². The van der Waals surface area contributed by atoms with Crippen LogP contribution in [0.15, 0.2) is 0 Å². The third-order valence-corrected chi connectivity index (χ3v) is 0. The van der Waals surface area contributed by atoms with Gasteiger partial charge in [-0.3, -0.25) is 0 Å². The van der Waals surface area contributed by atoms with Crippen molar-refractivity contribution in [3.05, 3.63) is 0 Å². The van der Waals surface area contributed by atoms with Gasteiger partial charge in [-0.2, -0.15) is 0 Å². The molecule has 0 bridgehead atoms. The van der Waals surface area contributed by atoms with Gasteiger partial charge >= 0.3 is 73.2 Å². The van der Waals surface area contributed by atoms with Crippen molar-refractivity contribution < 1.29 is 52.6 Å². The number of hydrogen-bond donors (Lipinski definition) is 0. The molecular formula is H2CaLaMnO. The third-order valence-electron chi connectivity index (χ3n) is 0. The van der Waals surface area contributed by atoms with Crippen LogP contribution in [-0.2, 0) is 18.8 Å². The van der Waals surface area contributed by atoms with E-state index in [1.165, 1.54) is 0 Å². The fraction of sp³-hybridized carbons (Fsp3) is 0. The second kappa shape index (κ2) is 17.1. The molecule has 0 rings (SSSR count). The Labute approximate surface area is 88.1 Å². The Kier molecular flexibility index (Phi) is 67.8. The van der Waals surface area contributed by atoms with Gasteiger partial charge in [0.1, 0.15) is 0 Å². The van der Waals surface area contributed by atoms with Crippen LogP contribution in [0, 0.1) is 33.8 Å². The molecule has 0 aromatic heterocycles. The SMILES string of the molecule is [CaH2].[Mn].[O]=[La]. The van der Waals surface area contributed by atoms with Crippen molar-refractivity contribution in [2.24, 2.45) is 0 Å². The Morgan fingerprint density at radius 3 is 1.25 bits per heavy atom. The first-order valence-corrected chi connectivity index (χ1v) is 1.72. The first-order valence-electron chi connectivity index (χ1n) is 0.236. The molecule has 0 spiro atoms. The Hall–Kier alpha value is 2.77. The quantitative estimate of drug-likeness (QED) is 0.503. The number of rotatable bonds is 0. The molecule has 0 saturated carbocycles. The van der Waals surface area contributed by atoms with E-state index in [-0.39, 0.29) is 88.6 Å². The van der Waals surface area contributed by atoms with Gasteiger partial charge in [0.2, 0.25) is 0 Å². The van der Waals surface area contributed by atoms with E-state index in [4.69, 9.17) is 1.70 Å². The molecule has 0 N–H and O–H groups in total. The topological polar surface area (TPSA) is 17.1 Å². The van der Waals surface area contributed by atoms with Crippen molar-refractivity contribution in [3.8, 4) is 0 Å². The average molecular weight is 252 g/mol. The summed E-state index contributed by atoms with van der Waals surface area (Å²) in [5, 5.41) is 0. The van der Waals surface area contributed by atoms with Gasteiger partial charge in [0.15, 0.2) is 0 Å². The summed E-state index contributed by atoms with van der Waals surface area (Å²) in [6.45, 7) is 0. The van der Waals surface area contributed by atoms with E-state index in [2.05, 4.69) is 0 Å². The van der Waals surface area contributed by atoms with E-state index < -0.39 is 0 Å². The van der Waals surface area contributed by atoms with Gasteiger partial charge in [-0.05, 0) is 0 Å². The molecule has 4 heavy (non-hydrogen) atoms. The molecule has 0 atom stereocenters. The molecule has 0 fully saturated rings. The molecular weight excluding hydrogens is 250 g/mol. The van der Waals surface area contributed by atoms with Crippen LogP contribution in [0.1, 0.15) is 0 Å². The van der Waals surface area contributed by atoms with Crippen LogP contribution in [0.2, 0.25) is 0 Å². The second-order valence-corrected chi connectivity index (χ2v) is 0. The third kappa shape index (κ3) is 8.84. The molecule has 20 valence electrons. The molecule has 0 unspecified atom stereocenters. The molecule has 1 nitrogen and oxygen atoms in total. The van der Waals surface area contributed by atoms with E-state index in [0.29, 0.717) is 0 Å². The Morgan fingerprint density at radius 1 is 1.25 bits per heavy atom. The van der Waals surface area contributed by atoms with Crippen molar-refractivity contribution in [1.29, 1.82) is 0 Å². The summed E-state index contributed by atoms with van der Waals surface area (Å²) in [7, 11) is 0. The normalized spacial score (nSPS) is 1.50. The van der Waals surface area contributed by atoms with Crippen LogP contribution in [0.3, 0.4) is 0 Å². The van der Waals surface area contributed by atoms with Crippen molar-refractivity contribution in [1.82, 2.24) is 0 Å². The van der Waals surface area contributed by atoms with Crippen LogP contribution in [-0.4, -0.2) is 37.7 Å². The first-order chi connectivity index (χ1) is 1.00. The summed E-state index contributed by atoms with van der Waals surface area (Å²) in [5.41, 5.74) is 0. The van der Waals surface area contributed by atoms with Crippen molar-refractivity contribution >= 4 is 37.7 Å². The molecule has 1 radical (unpaired) electrons. The van der Waals surface area contributed by atoms with Gasteiger partial charge < -0.3 is 0 Å². The summed E-state index contributed by atoms with van der Waals surface area (Å²) in [4.78, 5) is 0. The number of hydrogen-bond acceptors (Lipinski definition) is 1. The molecule has 0 aliphatic heterocycles. The van der Waals surface area contributed by atoms with Crippen LogP contribution < -0.4 is 0 Å². The van der Waals surface area contributed by atoms with Gasteiger partial charge in [0.05, 0.1) is 0 Å². The second-order valence-electron chi connectivity index (χ2n) is 0. The Balaban J connectivity index is -0.00000000500. The molecule has 0 saturated heterocycles. The minimum absolute atomic E-state index is 0. The fourth-order valence-electron chi connectivity index (χ4n) is 0. The standard InChI is InChI=1S/Ca.La.Mn.O.2H. The summed E-state index contributed by atoms with van der Waals surface area (Å²) in [5.74, 6) is 0. The van der Waals surface area contributed by atoms with E-state index >= 15 is 0 Å². The van der Waals surface area contributed by atoms with Gasteiger partial charge in [-0.1, -0.05) is 0 Å². The Morgan fingerprint density at radius 2 is 1.25 bits per heavy atom. The predicted octanol–water partition coefficient (Wildman–Crippen LogP) is -1.04. The monoisotopic (exact) mass is 252 g/mol. The molecule has 0 aromatic carbocycles. The summed E-state index contributed by atoms with van der Waals surface area (Å²) in [6.07, 6.45) is 0. The van der Waals surface area contributed by atoms with Crippen LogP contribution >= 0.6 is 0 Å². The molecule has 0 aromatic rings. The maximum absolute atomic E-state index is 8.42. The molecule has 0 aliphatic carbocycles. The zero-order valence-corrected chi connectivity index (χ0v) is 6.17.